The quantitative estimate of drug-likeness (QED) is 0.512. The van der Waals surface area contributed by atoms with Gasteiger partial charge in [0.05, 0.1) is 18.8 Å². The lowest BCUT2D eigenvalue weighted by Gasteiger charge is -2.47. The molecule has 0 heterocycles. The van der Waals surface area contributed by atoms with E-state index in [1.54, 1.807) is 0 Å². The van der Waals surface area contributed by atoms with Crippen LogP contribution in [-0.4, -0.2) is 58.3 Å². The third kappa shape index (κ3) is 5.74. The molecule has 1 N–H and O–H groups in total. The second-order valence-electron chi connectivity index (χ2n) is 5.71. The molecule has 0 amide bonds. The third-order valence-corrected chi connectivity index (χ3v) is 5.49. The first-order valence-corrected chi connectivity index (χ1v) is 10.8. The van der Waals surface area contributed by atoms with Crippen molar-refractivity contribution < 1.29 is 23.4 Å². The highest BCUT2D eigenvalue weighted by atomic mass is 31.1. The van der Waals surface area contributed by atoms with Gasteiger partial charge in [0.25, 0.3) is 0 Å². The maximum atomic E-state index is 10.7. The van der Waals surface area contributed by atoms with Crippen molar-refractivity contribution >= 4 is 48.8 Å². The van der Waals surface area contributed by atoms with E-state index in [4.69, 9.17) is 41.0 Å². The maximum absolute atomic E-state index is 10.7. The third-order valence-electron chi connectivity index (χ3n) is 4.26. The molecule has 9 atom stereocenters. The Bertz CT molecular complexity index is 504. The van der Waals surface area contributed by atoms with E-state index in [1.807, 2.05) is 37.3 Å². The topological polar surface area (TPSA) is 57.2 Å². The number of benzene rings is 1. The molecule has 130 valence electrons. The van der Waals surface area contributed by atoms with E-state index < -0.39 is 30.5 Å². The Morgan fingerprint density at radius 2 is 1.40 bits per heavy atom. The van der Waals surface area contributed by atoms with Gasteiger partial charge in [0.15, 0.2) is 0 Å². The van der Waals surface area contributed by atoms with E-state index >= 15 is 0 Å². The minimum Gasteiger partial charge on any atom is -0.390 e. The molecule has 0 aliphatic heterocycles. The van der Waals surface area contributed by atoms with E-state index in [0.717, 1.165) is 5.56 Å². The van der Waals surface area contributed by atoms with Gasteiger partial charge in [0, 0.05) is 5.92 Å². The Morgan fingerprint density at radius 3 is 1.96 bits per heavy atom. The number of hydrogen-bond donors (Lipinski definition) is 1. The average Bonchev–Trinajstić information content (AvgIpc) is 2.63. The van der Waals surface area contributed by atoms with Crippen LogP contribution in [0.15, 0.2) is 30.3 Å². The molecule has 9 unspecified atom stereocenters. The van der Waals surface area contributed by atoms with Gasteiger partial charge in [-0.2, -0.15) is 0 Å². The summed E-state index contributed by atoms with van der Waals surface area (Å²) in [5.41, 5.74) is 1.03. The first kappa shape index (κ1) is 21.8. The Labute approximate surface area is 158 Å². The summed E-state index contributed by atoms with van der Waals surface area (Å²) >= 11 is 0. The summed E-state index contributed by atoms with van der Waals surface area (Å²) in [6.45, 7) is 2.27. The van der Waals surface area contributed by atoms with Crippen LogP contribution in [0.25, 0.3) is 0 Å². The van der Waals surface area contributed by atoms with Crippen molar-refractivity contribution in [1.29, 1.82) is 0 Å². The predicted octanol–water partition coefficient (Wildman–Crippen LogP) is 1.77. The lowest BCUT2D eigenvalue weighted by Crippen LogP contribution is -2.61. The molecule has 6 radical (unpaired) electrons. The molecule has 1 aliphatic rings. The Hall–Kier alpha value is 0.505. The van der Waals surface area contributed by atoms with Gasteiger partial charge in [-0.25, -0.2) is 0 Å². The fourth-order valence-corrected chi connectivity index (χ4v) is 4.30. The van der Waals surface area contributed by atoms with Crippen molar-refractivity contribution in [2.24, 2.45) is 5.92 Å². The summed E-state index contributed by atoms with van der Waals surface area (Å²) in [5.74, 6) is -0.257. The molecule has 11 heteroatoms. The van der Waals surface area contributed by atoms with Gasteiger partial charge in [0.2, 0.25) is 0 Å². The summed E-state index contributed by atoms with van der Waals surface area (Å²) in [7, 11) is 15.9. The van der Waals surface area contributed by atoms with E-state index in [0.29, 0.717) is 6.61 Å². The number of rotatable bonds is 9. The average molecular weight is 394 g/mol. The lowest BCUT2D eigenvalue weighted by atomic mass is 9.79. The van der Waals surface area contributed by atoms with Gasteiger partial charge in [0.1, 0.15) is 41.0 Å². The fraction of sp³-hybridized carbons (Fsp3) is 0.571. The van der Waals surface area contributed by atoms with Gasteiger partial charge >= 0.3 is 0 Å². The van der Waals surface area contributed by atoms with Crippen LogP contribution < -0.4 is 0 Å². The number of aliphatic hydroxyl groups excluding tert-OH is 1. The molecular formula is C14H20B3O5P3. The molecular weight excluding hydrogens is 374 g/mol. The van der Waals surface area contributed by atoms with Crippen LogP contribution in [0.1, 0.15) is 12.5 Å². The number of hydrogen-bond acceptors (Lipinski definition) is 5. The van der Waals surface area contributed by atoms with Crippen molar-refractivity contribution in [2.75, 3.05) is 0 Å². The first-order chi connectivity index (χ1) is 12.1. The molecule has 1 aromatic rings. The van der Waals surface area contributed by atoms with Crippen molar-refractivity contribution in [3.8, 4) is 0 Å². The maximum Gasteiger partial charge on any atom is 0.144 e. The van der Waals surface area contributed by atoms with Crippen LogP contribution in [0.5, 0.6) is 0 Å². The highest BCUT2D eigenvalue weighted by molar-refractivity contribution is 7.62. The Kier molecular flexibility index (Phi) is 9.92. The van der Waals surface area contributed by atoms with E-state index in [2.05, 4.69) is 0 Å². The molecule has 1 fully saturated rings. The predicted molar refractivity (Wildman–Crippen MR) is 107 cm³/mol. The van der Waals surface area contributed by atoms with Crippen LogP contribution in [-0.2, 0) is 24.9 Å². The molecule has 0 bridgehead atoms. The molecule has 25 heavy (non-hydrogen) atoms. The molecule has 0 spiro atoms. The smallest absolute Gasteiger partial charge is 0.144 e. The normalized spacial score (nSPS) is 34.0. The highest BCUT2D eigenvalue weighted by Crippen LogP contribution is 2.39. The first-order valence-electron chi connectivity index (χ1n) is 7.81. The van der Waals surface area contributed by atoms with Gasteiger partial charge in [-0.15, -0.1) is 0 Å². The second-order valence-corrected chi connectivity index (χ2v) is 7.13. The largest absolute Gasteiger partial charge is 0.390 e. The minimum atomic E-state index is -0.820. The van der Waals surface area contributed by atoms with Gasteiger partial charge in [-0.05, 0) is 31.6 Å². The van der Waals surface area contributed by atoms with E-state index in [9.17, 15) is 5.11 Å². The molecule has 1 aromatic carbocycles. The molecule has 2 rings (SSSR count). The fourth-order valence-electron chi connectivity index (χ4n) is 3.01. The van der Waals surface area contributed by atoms with Crippen molar-refractivity contribution in [2.45, 2.75) is 44.1 Å². The van der Waals surface area contributed by atoms with Crippen LogP contribution in [0, 0.1) is 5.92 Å². The second kappa shape index (κ2) is 11.4. The van der Waals surface area contributed by atoms with Crippen molar-refractivity contribution in [3.63, 3.8) is 0 Å². The highest BCUT2D eigenvalue weighted by Gasteiger charge is 2.51. The summed E-state index contributed by atoms with van der Waals surface area (Å²) < 4.78 is 23.0. The Morgan fingerprint density at radius 1 is 0.880 bits per heavy atom. The van der Waals surface area contributed by atoms with Crippen molar-refractivity contribution in [3.05, 3.63) is 35.9 Å². The molecule has 5 nitrogen and oxygen atoms in total. The molecule has 0 aromatic heterocycles. The lowest BCUT2D eigenvalue weighted by molar-refractivity contribution is -0.189. The molecule has 1 saturated carbocycles. The summed E-state index contributed by atoms with van der Waals surface area (Å²) in [6.07, 6.45) is -3.01. The monoisotopic (exact) mass is 394 g/mol. The molecule has 0 saturated heterocycles. The SMILES string of the molecule is [B]POC1C(O)C(C)C(OCc2ccccc2)C(OP[B])C1OP[B]. The van der Waals surface area contributed by atoms with Gasteiger partial charge < -0.3 is 23.4 Å². The zero-order valence-electron chi connectivity index (χ0n) is 13.9. The molecule has 1 aliphatic carbocycles. The van der Waals surface area contributed by atoms with Gasteiger partial charge in [-0.3, -0.25) is 0 Å². The van der Waals surface area contributed by atoms with E-state index in [-0.39, 0.29) is 32.0 Å². The minimum absolute atomic E-state index is 0.254. The summed E-state index contributed by atoms with van der Waals surface area (Å²) in [6, 6.07) is 9.78. The zero-order chi connectivity index (χ0) is 18.2. The van der Waals surface area contributed by atoms with Crippen LogP contribution in [0.3, 0.4) is 0 Å². The standard InChI is InChI=1S/C14H20B3O5P3/c1-8-10(18)12(20-23-15)14(22-25-17)13(21-24-16)11(8)19-7-9-5-3-2-4-6-9/h2-6,8,10-14,18,23-25H,7H2,1H3. The van der Waals surface area contributed by atoms with Crippen LogP contribution in [0.2, 0.25) is 0 Å². The van der Waals surface area contributed by atoms with Crippen LogP contribution in [0.4, 0.5) is 0 Å². The van der Waals surface area contributed by atoms with Gasteiger partial charge in [-0.1, -0.05) is 37.3 Å². The number of aliphatic hydroxyl groups is 1. The zero-order valence-corrected chi connectivity index (χ0v) is 16.9. The van der Waals surface area contributed by atoms with Crippen molar-refractivity contribution in [1.82, 2.24) is 0 Å². The summed E-state index contributed by atoms with van der Waals surface area (Å²) in [4.78, 5) is 0. The summed E-state index contributed by atoms with van der Waals surface area (Å²) in [5, 5.41) is 10.7. The van der Waals surface area contributed by atoms with Crippen LogP contribution >= 0.6 is 26.1 Å². The Balaban J connectivity index is 2.19. The van der Waals surface area contributed by atoms with E-state index in [1.165, 1.54) is 0 Å². The number of ether oxygens (including phenoxy) is 1.